The highest BCUT2D eigenvalue weighted by Gasteiger charge is 2.46. The Kier molecular flexibility index (Phi) is 4.17. The number of ketones is 1. The Morgan fingerprint density at radius 2 is 1.95 bits per heavy atom. The lowest BCUT2D eigenvalue weighted by Gasteiger charge is -2.44. The first-order valence-electron chi connectivity index (χ1n) is 7.12. The second-order valence-corrected chi connectivity index (χ2v) is 6.31. The lowest BCUT2D eigenvalue weighted by atomic mass is 9.64. The quantitative estimate of drug-likeness (QED) is 0.898. The number of hydrogen-bond donors (Lipinski definition) is 2. The van der Waals surface area contributed by atoms with E-state index >= 15 is 0 Å². The van der Waals surface area contributed by atoms with Crippen LogP contribution in [0.15, 0.2) is 42.0 Å². The lowest BCUT2D eigenvalue weighted by molar-refractivity contribution is -0.121. The van der Waals surface area contributed by atoms with Gasteiger partial charge >= 0.3 is 0 Å². The van der Waals surface area contributed by atoms with E-state index in [1.165, 1.54) is 6.08 Å². The zero-order valence-electron chi connectivity index (χ0n) is 12.8. The highest BCUT2D eigenvalue weighted by Crippen LogP contribution is 2.44. The first-order valence-corrected chi connectivity index (χ1v) is 7.12. The summed E-state index contributed by atoms with van der Waals surface area (Å²) in [6, 6.07) is 7.50. The van der Waals surface area contributed by atoms with Gasteiger partial charge in [-0.3, -0.25) is 4.79 Å². The molecule has 3 nitrogen and oxygen atoms in total. The number of aliphatic hydroxyl groups is 2. The van der Waals surface area contributed by atoms with Gasteiger partial charge in [-0.25, -0.2) is 0 Å². The molecule has 1 aliphatic carbocycles. The summed E-state index contributed by atoms with van der Waals surface area (Å²) in [6.07, 6.45) is 5.39. The first-order chi connectivity index (χ1) is 9.80. The molecule has 21 heavy (non-hydrogen) atoms. The fourth-order valence-corrected chi connectivity index (χ4v) is 2.91. The minimum atomic E-state index is -1.16. The second kappa shape index (κ2) is 5.58. The molecule has 3 heteroatoms. The van der Waals surface area contributed by atoms with Crippen LogP contribution in [0.4, 0.5) is 0 Å². The van der Waals surface area contributed by atoms with E-state index in [-0.39, 0.29) is 12.4 Å². The summed E-state index contributed by atoms with van der Waals surface area (Å²) in [4.78, 5) is 11.7. The molecule has 1 aromatic carbocycles. The minimum Gasteiger partial charge on any atom is -0.392 e. The van der Waals surface area contributed by atoms with Crippen molar-refractivity contribution in [2.24, 2.45) is 5.41 Å². The van der Waals surface area contributed by atoms with Crippen molar-refractivity contribution in [3.63, 3.8) is 0 Å². The van der Waals surface area contributed by atoms with Gasteiger partial charge in [-0.1, -0.05) is 44.2 Å². The van der Waals surface area contributed by atoms with Crippen LogP contribution in [0.3, 0.4) is 0 Å². The standard InChI is InChI=1S/C18H22O3/c1-13-10-16(20)11-17(2,3)18(13,21)9-8-14-6-4-5-7-15(14)12-19/h4-10,19,21H,11-12H2,1-3H3/b9-8+. The molecule has 1 unspecified atom stereocenters. The van der Waals surface area contributed by atoms with Crippen LogP contribution in [-0.2, 0) is 11.4 Å². The van der Waals surface area contributed by atoms with Crippen LogP contribution in [0.5, 0.6) is 0 Å². The fourth-order valence-electron chi connectivity index (χ4n) is 2.91. The van der Waals surface area contributed by atoms with Gasteiger partial charge in [-0.15, -0.1) is 0 Å². The van der Waals surface area contributed by atoms with Crippen molar-refractivity contribution >= 4 is 11.9 Å². The van der Waals surface area contributed by atoms with Crippen LogP contribution in [0.1, 0.15) is 38.3 Å². The molecule has 1 aromatic rings. The van der Waals surface area contributed by atoms with E-state index in [1.807, 2.05) is 44.2 Å². The topological polar surface area (TPSA) is 57.5 Å². The fraction of sp³-hybridized carbons (Fsp3) is 0.389. The molecular weight excluding hydrogens is 264 g/mol. The molecule has 0 radical (unpaired) electrons. The number of carbonyl (C=O) groups is 1. The average Bonchev–Trinajstić information content (AvgIpc) is 2.42. The number of aliphatic hydroxyl groups excluding tert-OH is 1. The van der Waals surface area contributed by atoms with Crippen molar-refractivity contribution in [3.05, 3.63) is 53.1 Å². The normalized spacial score (nSPS) is 25.2. The molecule has 1 aliphatic rings. The summed E-state index contributed by atoms with van der Waals surface area (Å²) >= 11 is 0. The predicted octanol–water partition coefficient (Wildman–Crippen LogP) is 2.87. The Hall–Kier alpha value is -1.71. The molecular formula is C18H22O3. The van der Waals surface area contributed by atoms with Crippen molar-refractivity contribution in [2.75, 3.05) is 0 Å². The van der Waals surface area contributed by atoms with Gasteiger partial charge in [0.15, 0.2) is 5.78 Å². The lowest BCUT2D eigenvalue weighted by Crippen LogP contribution is -2.47. The predicted molar refractivity (Wildman–Crippen MR) is 83.5 cm³/mol. The molecule has 0 spiro atoms. The summed E-state index contributed by atoms with van der Waals surface area (Å²) in [5, 5.41) is 20.4. The zero-order valence-corrected chi connectivity index (χ0v) is 12.8. The Balaban J connectivity index is 2.42. The third-order valence-electron chi connectivity index (χ3n) is 4.36. The van der Waals surface area contributed by atoms with Crippen LogP contribution >= 0.6 is 0 Å². The maximum atomic E-state index is 11.7. The molecule has 0 aliphatic heterocycles. The van der Waals surface area contributed by atoms with Gasteiger partial charge in [0.1, 0.15) is 5.60 Å². The van der Waals surface area contributed by atoms with E-state index in [9.17, 15) is 15.0 Å². The molecule has 1 atom stereocenters. The van der Waals surface area contributed by atoms with Crippen molar-refractivity contribution in [2.45, 2.75) is 39.4 Å². The SMILES string of the molecule is CC1=CC(=O)CC(C)(C)C1(O)/C=C/c1ccccc1CO. The van der Waals surface area contributed by atoms with Crippen LogP contribution in [0.2, 0.25) is 0 Å². The monoisotopic (exact) mass is 286 g/mol. The summed E-state index contributed by atoms with van der Waals surface area (Å²) < 4.78 is 0. The first kappa shape index (κ1) is 15.7. The van der Waals surface area contributed by atoms with Gasteiger partial charge in [-0.2, -0.15) is 0 Å². The number of benzene rings is 1. The molecule has 0 fully saturated rings. The van der Waals surface area contributed by atoms with Gasteiger partial charge in [-0.05, 0) is 35.8 Å². The molecule has 2 rings (SSSR count). The summed E-state index contributed by atoms with van der Waals surface area (Å²) in [5.41, 5.74) is 0.607. The third kappa shape index (κ3) is 2.85. The second-order valence-electron chi connectivity index (χ2n) is 6.31. The van der Waals surface area contributed by atoms with Crippen molar-refractivity contribution < 1.29 is 15.0 Å². The smallest absolute Gasteiger partial charge is 0.156 e. The molecule has 0 bridgehead atoms. The van der Waals surface area contributed by atoms with Gasteiger partial charge in [0, 0.05) is 11.8 Å². The Labute approximate surface area is 125 Å². The number of rotatable bonds is 3. The van der Waals surface area contributed by atoms with Crippen LogP contribution in [0, 0.1) is 5.41 Å². The number of carbonyl (C=O) groups excluding carboxylic acids is 1. The highest BCUT2D eigenvalue weighted by molar-refractivity contribution is 5.93. The number of hydrogen-bond acceptors (Lipinski definition) is 3. The van der Waals surface area contributed by atoms with E-state index in [0.29, 0.717) is 12.0 Å². The van der Waals surface area contributed by atoms with E-state index in [4.69, 9.17) is 0 Å². The van der Waals surface area contributed by atoms with Crippen molar-refractivity contribution in [1.29, 1.82) is 0 Å². The molecule has 0 heterocycles. The molecule has 0 aromatic heterocycles. The van der Waals surface area contributed by atoms with Gasteiger partial charge < -0.3 is 10.2 Å². The van der Waals surface area contributed by atoms with E-state index in [0.717, 1.165) is 11.1 Å². The Morgan fingerprint density at radius 1 is 1.29 bits per heavy atom. The minimum absolute atomic E-state index is 0.0460. The summed E-state index contributed by atoms with van der Waals surface area (Å²) in [5.74, 6) is 0.0475. The van der Waals surface area contributed by atoms with E-state index in [1.54, 1.807) is 13.0 Å². The maximum absolute atomic E-state index is 11.7. The number of allylic oxidation sites excluding steroid dienone is 1. The maximum Gasteiger partial charge on any atom is 0.156 e. The molecule has 0 amide bonds. The average molecular weight is 286 g/mol. The van der Waals surface area contributed by atoms with Crippen LogP contribution in [-0.4, -0.2) is 21.6 Å². The highest BCUT2D eigenvalue weighted by atomic mass is 16.3. The Morgan fingerprint density at radius 3 is 2.57 bits per heavy atom. The molecule has 0 saturated carbocycles. The van der Waals surface area contributed by atoms with Crippen LogP contribution in [0.25, 0.3) is 6.08 Å². The van der Waals surface area contributed by atoms with E-state index < -0.39 is 11.0 Å². The van der Waals surface area contributed by atoms with Gasteiger partial charge in [0.2, 0.25) is 0 Å². The van der Waals surface area contributed by atoms with Crippen molar-refractivity contribution in [1.82, 2.24) is 0 Å². The van der Waals surface area contributed by atoms with Gasteiger partial charge in [0.05, 0.1) is 6.61 Å². The largest absolute Gasteiger partial charge is 0.392 e. The molecule has 2 N–H and O–H groups in total. The molecule has 0 saturated heterocycles. The van der Waals surface area contributed by atoms with Crippen LogP contribution < -0.4 is 0 Å². The zero-order chi connectivity index (χ0) is 15.7. The van der Waals surface area contributed by atoms with Gasteiger partial charge in [0.25, 0.3) is 0 Å². The van der Waals surface area contributed by atoms with Crippen molar-refractivity contribution in [3.8, 4) is 0 Å². The summed E-state index contributed by atoms with van der Waals surface area (Å²) in [6.45, 7) is 5.52. The molecule has 112 valence electrons. The Bertz CT molecular complexity index is 611. The van der Waals surface area contributed by atoms with E-state index in [2.05, 4.69) is 0 Å². The third-order valence-corrected chi connectivity index (χ3v) is 4.36. The summed E-state index contributed by atoms with van der Waals surface area (Å²) in [7, 11) is 0.